The van der Waals surface area contributed by atoms with Crippen LogP contribution in [-0.2, 0) is 11.2 Å². The second-order valence-corrected chi connectivity index (χ2v) is 7.88. The van der Waals surface area contributed by atoms with Gasteiger partial charge < -0.3 is 4.74 Å². The van der Waals surface area contributed by atoms with Crippen LogP contribution in [0.2, 0.25) is 0 Å². The summed E-state index contributed by atoms with van der Waals surface area (Å²) in [6, 6.07) is 2.43. The Labute approximate surface area is 139 Å². The van der Waals surface area contributed by atoms with E-state index < -0.39 is 0 Å². The molecule has 3 rings (SSSR count). The minimum atomic E-state index is 0.196. The Kier molecular flexibility index (Phi) is 5.35. The molecule has 3 N–H and O–H groups in total. The van der Waals surface area contributed by atoms with Gasteiger partial charge in [0.25, 0.3) is 0 Å². The zero-order chi connectivity index (χ0) is 14.7. The van der Waals surface area contributed by atoms with Crippen LogP contribution in [0.3, 0.4) is 0 Å². The largest absolute Gasteiger partial charge is 0.379 e. The third kappa shape index (κ3) is 3.21. The summed E-state index contributed by atoms with van der Waals surface area (Å²) in [5.41, 5.74) is 3.35. The van der Waals surface area contributed by atoms with Gasteiger partial charge in [-0.1, -0.05) is 12.8 Å². The van der Waals surface area contributed by atoms with Crippen molar-refractivity contribution in [1.29, 1.82) is 0 Å². The molecule has 1 unspecified atom stereocenters. The first kappa shape index (κ1) is 15.9. The summed E-state index contributed by atoms with van der Waals surface area (Å²) >= 11 is 5.47. The molecule has 4 nitrogen and oxygen atoms in total. The van der Waals surface area contributed by atoms with Gasteiger partial charge in [-0.2, -0.15) is 0 Å². The van der Waals surface area contributed by atoms with Gasteiger partial charge in [0.1, 0.15) is 0 Å². The van der Waals surface area contributed by atoms with Crippen molar-refractivity contribution in [2.45, 2.75) is 43.7 Å². The maximum absolute atomic E-state index is 5.99. The molecule has 2 aliphatic rings. The molecule has 0 bridgehead atoms. The number of morpholine rings is 1. The fourth-order valence-electron chi connectivity index (χ4n) is 3.94. The fraction of sp³-hybridized carbons (Fsp3) is 0.733. The van der Waals surface area contributed by atoms with Gasteiger partial charge in [0.05, 0.1) is 13.2 Å². The van der Waals surface area contributed by atoms with Crippen molar-refractivity contribution >= 4 is 27.3 Å². The molecule has 1 aliphatic heterocycles. The molecule has 1 saturated heterocycles. The number of nitrogens with zero attached hydrogens (tertiary/aromatic N) is 1. The molecule has 1 aromatic rings. The monoisotopic (exact) mass is 373 g/mol. The van der Waals surface area contributed by atoms with Gasteiger partial charge in [0, 0.05) is 40.4 Å². The molecule has 1 aromatic heterocycles. The lowest BCUT2D eigenvalue weighted by Crippen LogP contribution is -2.64. The van der Waals surface area contributed by atoms with Crippen LogP contribution in [0.25, 0.3) is 0 Å². The number of nitrogens with one attached hydrogen (secondary N) is 1. The Morgan fingerprint density at radius 3 is 2.67 bits per heavy atom. The van der Waals surface area contributed by atoms with Crippen molar-refractivity contribution in [3.05, 3.63) is 20.8 Å². The molecule has 0 radical (unpaired) electrons. The first-order chi connectivity index (χ1) is 10.3. The average molecular weight is 374 g/mol. The Morgan fingerprint density at radius 1 is 1.38 bits per heavy atom. The van der Waals surface area contributed by atoms with Crippen LogP contribution in [0, 0.1) is 0 Å². The lowest BCUT2D eigenvalue weighted by Gasteiger charge is -2.48. The van der Waals surface area contributed by atoms with Crippen LogP contribution in [0.5, 0.6) is 0 Å². The van der Waals surface area contributed by atoms with Gasteiger partial charge in [0.2, 0.25) is 0 Å². The second kappa shape index (κ2) is 7.06. The number of hydrogen-bond acceptors (Lipinski definition) is 5. The summed E-state index contributed by atoms with van der Waals surface area (Å²) in [5.74, 6) is 5.99. The van der Waals surface area contributed by atoms with Gasteiger partial charge >= 0.3 is 0 Å². The van der Waals surface area contributed by atoms with E-state index in [-0.39, 0.29) is 5.54 Å². The molecular formula is C15H24BrN3OS. The van der Waals surface area contributed by atoms with Crippen molar-refractivity contribution in [3.63, 3.8) is 0 Å². The Balaban J connectivity index is 1.81. The maximum atomic E-state index is 5.99. The van der Waals surface area contributed by atoms with E-state index in [2.05, 4.69) is 37.7 Å². The Hall–Kier alpha value is 0.0200. The van der Waals surface area contributed by atoms with Gasteiger partial charge in [-0.3, -0.25) is 16.2 Å². The zero-order valence-corrected chi connectivity index (χ0v) is 14.7. The van der Waals surface area contributed by atoms with E-state index in [0.29, 0.717) is 6.04 Å². The van der Waals surface area contributed by atoms with Gasteiger partial charge in [-0.25, -0.2) is 0 Å². The van der Waals surface area contributed by atoms with E-state index in [1.807, 2.05) is 11.3 Å². The van der Waals surface area contributed by atoms with E-state index in [1.165, 1.54) is 35.0 Å². The van der Waals surface area contributed by atoms with Crippen LogP contribution in [-0.4, -0.2) is 42.8 Å². The first-order valence-corrected chi connectivity index (χ1v) is 9.44. The Morgan fingerprint density at radius 2 is 2.10 bits per heavy atom. The number of nitrogens with two attached hydrogens (primary N) is 1. The minimum Gasteiger partial charge on any atom is -0.379 e. The molecule has 1 atom stereocenters. The van der Waals surface area contributed by atoms with Gasteiger partial charge in [0.15, 0.2) is 0 Å². The SMILES string of the molecule is NNC(Cc1sccc1Br)C1(N2CCOCC2)CCCC1. The zero-order valence-electron chi connectivity index (χ0n) is 12.3. The number of thiophene rings is 1. The molecule has 1 saturated carbocycles. The van der Waals surface area contributed by atoms with E-state index >= 15 is 0 Å². The Bertz CT molecular complexity index is 456. The third-order valence-corrected chi connectivity index (χ3v) is 6.99. The smallest absolute Gasteiger partial charge is 0.0594 e. The van der Waals surface area contributed by atoms with Crippen molar-refractivity contribution in [1.82, 2.24) is 10.3 Å². The molecule has 1 aliphatic carbocycles. The molecule has 0 spiro atoms. The highest BCUT2D eigenvalue weighted by Gasteiger charge is 2.46. The summed E-state index contributed by atoms with van der Waals surface area (Å²) in [4.78, 5) is 4.02. The van der Waals surface area contributed by atoms with Crippen LogP contribution in [0.1, 0.15) is 30.6 Å². The predicted octanol–water partition coefficient (Wildman–Crippen LogP) is 2.53. The minimum absolute atomic E-state index is 0.196. The van der Waals surface area contributed by atoms with Crippen molar-refractivity contribution < 1.29 is 4.74 Å². The number of ether oxygens (including phenoxy) is 1. The normalized spacial score (nSPS) is 24.3. The lowest BCUT2D eigenvalue weighted by atomic mass is 9.83. The van der Waals surface area contributed by atoms with E-state index in [0.717, 1.165) is 32.7 Å². The topological polar surface area (TPSA) is 50.5 Å². The van der Waals surface area contributed by atoms with Crippen LogP contribution < -0.4 is 11.3 Å². The fourth-order valence-corrected chi connectivity index (χ4v) is 5.50. The standard InChI is InChI=1S/C15H24BrN3OS/c16-12-3-10-21-13(12)11-14(18-17)15(4-1-2-5-15)19-6-8-20-9-7-19/h3,10,14,18H,1-2,4-9,11,17H2. The van der Waals surface area contributed by atoms with Crippen molar-refractivity contribution in [2.75, 3.05) is 26.3 Å². The van der Waals surface area contributed by atoms with Crippen molar-refractivity contribution in [3.8, 4) is 0 Å². The summed E-state index contributed by atoms with van der Waals surface area (Å²) in [5, 5.41) is 2.14. The van der Waals surface area contributed by atoms with Crippen molar-refractivity contribution in [2.24, 2.45) is 5.84 Å². The molecule has 118 valence electrons. The quantitative estimate of drug-likeness (QED) is 0.614. The molecule has 6 heteroatoms. The summed E-state index contributed by atoms with van der Waals surface area (Å²) in [6.45, 7) is 3.76. The average Bonchev–Trinajstić information content (AvgIpc) is 3.16. The summed E-state index contributed by atoms with van der Waals surface area (Å²) < 4.78 is 6.75. The van der Waals surface area contributed by atoms with Gasteiger partial charge in [-0.15, -0.1) is 11.3 Å². The third-order valence-electron chi connectivity index (χ3n) is 5.04. The summed E-state index contributed by atoms with van der Waals surface area (Å²) in [7, 11) is 0. The highest BCUT2D eigenvalue weighted by atomic mass is 79.9. The lowest BCUT2D eigenvalue weighted by molar-refractivity contribution is -0.0356. The number of rotatable bonds is 5. The summed E-state index contributed by atoms with van der Waals surface area (Å²) in [6.07, 6.45) is 6.09. The molecule has 2 fully saturated rings. The molecule has 2 heterocycles. The van der Waals surface area contributed by atoms with Gasteiger partial charge in [-0.05, 0) is 40.2 Å². The molecule has 0 amide bonds. The highest BCUT2D eigenvalue weighted by Crippen LogP contribution is 2.40. The van der Waals surface area contributed by atoms with E-state index in [4.69, 9.17) is 10.6 Å². The molecule has 0 aromatic carbocycles. The van der Waals surface area contributed by atoms with E-state index in [9.17, 15) is 0 Å². The number of hydrogen-bond donors (Lipinski definition) is 2. The number of halogens is 1. The van der Waals surface area contributed by atoms with E-state index in [1.54, 1.807) is 0 Å². The number of hydrazine groups is 1. The molecular weight excluding hydrogens is 350 g/mol. The predicted molar refractivity (Wildman–Crippen MR) is 90.4 cm³/mol. The second-order valence-electron chi connectivity index (χ2n) is 6.03. The molecule has 21 heavy (non-hydrogen) atoms. The maximum Gasteiger partial charge on any atom is 0.0594 e. The highest BCUT2D eigenvalue weighted by molar-refractivity contribution is 9.10. The first-order valence-electron chi connectivity index (χ1n) is 7.77. The van der Waals surface area contributed by atoms with Crippen LogP contribution in [0.4, 0.5) is 0 Å². The van der Waals surface area contributed by atoms with Crippen LogP contribution >= 0.6 is 27.3 Å². The van der Waals surface area contributed by atoms with Crippen LogP contribution in [0.15, 0.2) is 15.9 Å².